The van der Waals surface area contributed by atoms with Crippen molar-refractivity contribution in [3.63, 3.8) is 0 Å². The maximum atomic E-state index is 5.09. The molecular weight excluding hydrogens is 1690 g/mol. The minimum atomic E-state index is 0. The van der Waals surface area contributed by atoms with Gasteiger partial charge in [-0.3, -0.25) is 0 Å². The summed E-state index contributed by atoms with van der Waals surface area (Å²) in [4.78, 5) is 30.0. The summed E-state index contributed by atoms with van der Waals surface area (Å²) >= 11 is 0. The Morgan fingerprint density at radius 2 is 0.355 bits per heavy atom. The molecule has 0 unspecified atom stereocenters. The largest absolute Gasteiger partial charge is 3.00 e. The van der Waals surface area contributed by atoms with E-state index in [4.69, 9.17) is 29.9 Å². The molecule has 8 heteroatoms. The van der Waals surface area contributed by atoms with Crippen molar-refractivity contribution in [1.82, 2.24) is 29.9 Å². The molecule has 110 heavy (non-hydrogen) atoms. The third-order valence-electron chi connectivity index (χ3n) is 19.8. The third kappa shape index (κ3) is 14.9. The molecule has 0 aliphatic rings. The maximum absolute atomic E-state index is 5.09. The van der Waals surface area contributed by atoms with Crippen LogP contribution in [0.3, 0.4) is 0 Å². The van der Waals surface area contributed by atoms with Gasteiger partial charge < -0.3 is 29.9 Å². The van der Waals surface area contributed by atoms with Crippen molar-refractivity contribution in [2.75, 3.05) is 0 Å². The zero-order valence-corrected chi connectivity index (χ0v) is 63.9. The standard InChI is InChI=1S/C102H62N6.2Ir/c1-5-25-69(26-6-1)97-51-45-73(63-103-97)85-33-13-19-39-91(85)79-57-80(92-40-20-14-34-86(92)74-46-52-98(104-64-74)70-27-7-2-8-28-70)60-83(59-79)95-43-23-17-37-89(95)77-49-55-101(107-67-77)102-56-50-78(68-108-102)90-38-18-24-44-96(90)84-61-81(93-41-21-15-35-87(93)75-47-53-99(105-65-75)71-29-9-3-10-30-71)58-82(62-84)94-42-22-16-36-88(94)76-48-54-100(106-66-76)72-31-11-4-12-32-72;;/h1-25,27,29,31,33-54,57-68H;;/q-6;2*+3. The van der Waals surface area contributed by atoms with Crippen molar-refractivity contribution in [3.8, 4) is 190 Å². The predicted molar refractivity (Wildman–Crippen MR) is 439 cm³/mol. The Balaban J connectivity index is 0.00000460. The molecule has 0 aliphatic carbocycles. The molecule has 0 bridgehead atoms. The van der Waals surface area contributed by atoms with Crippen LogP contribution < -0.4 is 0 Å². The first kappa shape index (κ1) is 71.1. The van der Waals surface area contributed by atoms with Gasteiger partial charge in [-0.05, 0) is 183 Å². The van der Waals surface area contributed by atoms with Crippen molar-refractivity contribution in [2.24, 2.45) is 0 Å². The predicted octanol–water partition coefficient (Wildman–Crippen LogP) is 25.2. The molecule has 0 atom stereocenters. The molecule has 0 saturated carbocycles. The Bertz CT molecular complexity index is 5550. The SMILES string of the molecule is [Ir+3].[Ir+3].[c-]1ccccc1-c1ccc(-c2ccccc2-c2cc(-c3ccccc3-c3c[c-]c(-c4[c-]cc(-c5ccccc5-c5cc(-c6ccccc6-c6ccc(-c7[c-]cccc7)nc6)cc(-c6ccccc6-c6ccc(-c7[c-]cccc7)nc6)c5)cn4)nc3)cc(-c3ccccc3-c3ccc(-c4[c-]cccc4)nc3)c2)cn1. The first-order chi connectivity index (χ1) is 53.5. The Labute approximate surface area is 668 Å². The van der Waals surface area contributed by atoms with Crippen LogP contribution in [-0.4, -0.2) is 29.9 Å². The first-order valence-electron chi connectivity index (χ1n) is 35.9. The Morgan fingerprint density at radius 1 is 0.164 bits per heavy atom. The van der Waals surface area contributed by atoms with Gasteiger partial charge in [-0.15, -0.1) is 155 Å². The third-order valence-corrected chi connectivity index (χ3v) is 19.8. The number of benzene rings is 12. The van der Waals surface area contributed by atoms with E-state index in [0.717, 1.165) is 179 Å². The van der Waals surface area contributed by atoms with Gasteiger partial charge in [0.1, 0.15) is 0 Å². The van der Waals surface area contributed by atoms with Crippen LogP contribution in [0.2, 0.25) is 0 Å². The second-order valence-corrected chi connectivity index (χ2v) is 26.4. The van der Waals surface area contributed by atoms with Crippen molar-refractivity contribution in [3.05, 3.63) is 413 Å². The van der Waals surface area contributed by atoms with Crippen LogP contribution in [0.25, 0.3) is 190 Å². The molecule has 518 valence electrons. The van der Waals surface area contributed by atoms with Crippen LogP contribution in [0.5, 0.6) is 0 Å². The summed E-state index contributed by atoms with van der Waals surface area (Å²) in [5, 5.41) is 0. The van der Waals surface area contributed by atoms with Crippen LogP contribution in [0.15, 0.2) is 377 Å². The Morgan fingerprint density at radius 3 is 0.527 bits per heavy atom. The summed E-state index contributed by atoms with van der Waals surface area (Å²) in [5.74, 6) is 0. The van der Waals surface area contributed by atoms with Gasteiger partial charge in [0.15, 0.2) is 0 Å². The molecule has 18 rings (SSSR count). The van der Waals surface area contributed by atoms with Crippen molar-refractivity contribution < 1.29 is 40.2 Å². The van der Waals surface area contributed by atoms with Gasteiger partial charge in [0.05, 0.1) is 0 Å². The second-order valence-electron chi connectivity index (χ2n) is 26.4. The van der Waals surface area contributed by atoms with Gasteiger partial charge in [-0.2, -0.15) is 12.1 Å². The smallest absolute Gasteiger partial charge is 0.357 e. The summed E-state index contributed by atoms with van der Waals surface area (Å²) in [6, 6.07) is 139. The monoisotopic (exact) mass is 1760 g/mol. The molecule has 6 nitrogen and oxygen atoms in total. The molecule has 12 aromatic carbocycles. The van der Waals surface area contributed by atoms with Crippen molar-refractivity contribution >= 4 is 0 Å². The van der Waals surface area contributed by atoms with E-state index in [1.165, 1.54) is 0 Å². The van der Waals surface area contributed by atoms with Gasteiger partial charge in [-0.25, -0.2) is 12.1 Å². The van der Waals surface area contributed by atoms with Gasteiger partial charge >= 0.3 is 40.2 Å². The molecule has 6 aromatic heterocycles. The zero-order chi connectivity index (χ0) is 72.0. The number of hydrogen-bond donors (Lipinski definition) is 0. The van der Waals surface area contributed by atoms with Crippen LogP contribution in [0, 0.1) is 36.4 Å². The maximum Gasteiger partial charge on any atom is 3.00 e. The number of nitrogens with zero attached hydrogens (tertiary/aromatic N) is 6. The molecule has 0 radical (unpaired) electrons. The minimum absolute atomic E-state index is 0. The molecule has 0 spiro atoms. The van der Waals surface area contributed by atoms with E-state index in [0.29, 0.717) is 11.4 Å². The Hall–Kier alpha value is -13.2. The Kier molecular flexibility index (Phi) is 21.0. The average molecular weight is 1760 g/mol. The van der Waals surface area contributed by atoms with Gasteiger partial charge in [0, 0.05) is 24.8 Å². The molecule has 0 amide bonds. The fourth-order valence-electron chi connectivity index (χ4n) is 14.4. The minimum Gasteiger partial charge on any atom is -0.357 e. The fourth-order valence-corrected chi connectivity index (χ4v) is 14.4. The van der Waals surface area contributed by atoms with E-state index in [1.54, 1.807) is 0 Å². The summed E-state index contributed by atoms with van der Waals surface area (Å²) in [6.07, 6.45) is 11.7. The quantitative estimate of drug-likeness (QED) is 0.0846. The molecular formula is C102H62Ir2N6. The molecule has 0 saturated heterocycles. The first-order valence-corrected chi connectivity index (χ1v) is 35.9. The molecule has 6 heterocycles. The van der Waals surface area contributed by atoms with E-state index in [9.17, 15) is 0 Å². The van der Waals surface area contributed by atoms with Crippen molar-refractivity contribution in [2.45, 2.75) is 0 Å². The molecule has 0 fully saturated rings. The molecule has 0 N–H and O–H groups in total. The summed E-state index contributed by atoms with van der Waals surface area (Å²) in [5.41, 5.74) is 33.3. The van der Waals surface area contributed by atoms with Crippen LogP contribution in [-0.2, 0) is 40.2 Å². The second kappa shape index (κ2) is 32.5. The average Bonchev–Trinajstić information content (AvgIpc) is 0.770. The van der Waals surface area contributed by atoms with E-state index >= 15 is 0 Å². The van der Waals surface area contributed by atoms with E-state index in [-0.39, 0.29) is 40.2 Å². The normalized spacial score (nSPS) is 10.9. The number of pyridine rings is 6. The summed E-state index contributed by atoms with van der Waals surface area (Å²) in [6.45, 7) is 0. The van der Waals surface area contributed by atoms with E-state index in [2.05, 4.69) is 267 Å². The van der Waals surface area contributed by atoms with E-state index in [1.807, 2.05) is 146 Å². The number of aromatic nitrogens is 6. The fraction of sp³-hybridized carbons (Fsp3) is 0. The van der Waals surface area contributed by atoms with Gasteiger partial charge in [-0.1, -0.05) is 216 Å². The van der Waals surface area contributed by atoms with E-state index < -0.39 is 0 Å². The number of hydrogen-bond acceptors (Lipinski definition) is 6. The van der Waals surface area contributed by atoms with Crippen LogP contribution in [0.4, 0.5) is 0 Å². The molecule has 0 aliphatic heterocycles. The van der Waals surface area contributed by atoms with Crippen LogP contribution in [0.1, 0.15) is 0 Å². The van der Waals surface area contributed by atoms with Gasteiger partial charge in [0.2, 0.25) is 0 Å². The molecule has 18 aromatic rings. The van der Waals surface area contributed by atoms with Gasteiger partial charge in [0.25, 0.3) is 0 Å². The summed E-state index contributed by atoms with van der Waals surface area (Å²) < 4.78 is 0. The zero-order valence-electron chi connectivity index (χ0n) is 59.1. The van der Waals surface area contributed by atoms with Crippen LogP contribution >= 0.6 is 0 Å². The van der Waals surface area contributed by atoms with Crippen molar-refractivity contribution in [1.29, 1.82) is 0 Å². The topological polar surface area (TPSA) is 77.3 Å². The number of rotatable bonds is 17. The summed E-state index contributed by atoms with van der Waals surface area (Å²) in [7, 11) is 0.